The predicted molar refractivity (Wildman–Crippen MR) is 83.3 cm³/mol. The summed E-state index contributed by atoms with van der Waals surface area (Å²) in [7, 11) is 0. The Labute approximate surface area is 123 Å². The molecule has 0 radical (unpaired) electrons. The second-order valence-electron chi connectivity index (χ2n) is 6.93. The van der Waals surface area contributed by atoms with Crippen LogP contribution in [-0.2, 0) is 0 Å². The Morgan fingerprint density at radius 3 is 2.70 bits per heavy atom. The Balaban J connectivity index is 2.29. The number of hydrogen-bond donors (Lipinski definition) is 1. The highest BCUT2D eigenvalue weighted by Gasteiger charge is 2.39. The van der Waals surface area contributed by atoms with Crippen molar-refractivity contribution >= 4 is 0 Å². The summed E-state index contributed by atoms with van der Waals surface area (Å²) >= 11 is 0. The van der Waals surface area contributed by atoms with Gasteiger partial charge in [0.2, 0.25) is 0 Å². The van der Waals surface area contributed by atoms with Gasteiger partial charge in [-0.1, -0.05) is 39.3 Å². The van der Waals surface area contributed by atoms with E-state index >= 15 is 0 Å². The van der Waals surface area contributed by atoms with Crippen LogP contribution in [-0.4, -0.2) is 6.54 Å². The Morgan fingerprint density at radius 1 is 1.40 bits per heavy atom. The average molecular weight is 277 g/mol. The summed E-state index contributed by atoms with van der Waals surface area (Å²) in [6.45, 7) is 9.71. The van der Waals surface area contributed by atoms with Gasteiger partial charge in [0, 0.05) is 6.04 Å². The predicted octanol–water partition coefficient (Wildman–Crippen LogP) is 5.00. The van der Waals surface area contributed by atoms with Crippen LogP contribution in [0.5, 0.6) is 0 Å². The van der Waals surface area contributed by atoms with Crippen molar-refractivity contribution in [3.8, 4) is 0 Å². The van der Waals surface area contributed by atoms with E-state index in [9.17, 15) is 4.39 Å². The van der Waals surface area contributed by atoms with Gasteiger partial charge in [-0.3, -0.25) is 0 Å². The molecule has 1 aliphatic carbocycles. The molecule has 2 heteroatoms. The van der Waals surface area contributed by atoms with E-state index < -0.39 is 0 Å². The van der Waals surface area contributed by atoms with E-state index in [4.69, 9.17) is 0 Å². The first-order valence-electron chi connectivity index (χ1n) is 7.95. The van der Waals surface area contributed by atoms with E-state index in [2.05, 4.69) is 32.2 Å². The molecule has 2 unspecified atom stereocenters. The minimum absolute atomic E-state index is 0.0819. The monoisotopic (exact) mass is 277 g/mol. The first kappa shape index (κ1) is 15.5. The minimum Gasteiger partial charge on any atom is -0.310 e. The van der Waals surface area contributed by atoms with Gasteiger partial charge in [-0.15, -0.1) is 0 Å². The van der Waals surface area contributed by atoms with Gasteiger partial charge in [0.05, 0.1) is 0 Å². The summed E-state index contributed by atoms with van der Waals surface area (Å²) in [4.78, 5) is 0. The second-order valence-corrected chi connectivity index (χ2v) is 6.93. The van der Waals surface area contributed by atoms with Crippen molar-refractivity contribution in [1.29, 1.82) is 0 Å². The molecule has 0 amide bonds. The zero-order valence-corrected chi connectivity index (χ0v) is 13.3. The van der Waals surface area contributed by atoms with Crippen LogP contribution in [0, 0.1) is 24.1 Å². The Kier molecular flexibility index (Phi) is 4.85. The molecular formula is C18H28FN. The van der Waals surface area contributed by atoms with Crippen molar-refractivity contribution in [3.05, 3.63) is 35.1 Å². The molecule has 1 nitrogen and oxygen atoms in total. The summed E-state index contributed by atoms with van der Waals surface area (Å²) in [6, 6.07) is 6.02. The van der Waals surface area contributed by atoms with Crippen LogP contribution in [0.1, 0.15) is 63.6 Å². The standard InChI is InChI=1S/C18H28FN/c1-5-11-20-17(15-7-6-10-18(15,3)4)14-9-8-13(2)16(19)12-14/h8-9,12,15,17,20H,5-7,10-11H2,1-4H3. The summed E-state index contributed by atoms with van der Waals surface area (Å²) < 4.78 is 13.9. The lowest BCUT2D eigenvalue weighted by Gasteiger charge is -2.35. The molecule has 1 N–H and O–H groups in total. The van der Waals surface area contributed by atoms with Crippen LogP contribution in [0.2, 0.25) is 0 Å². The molecule has 1 fully saturated rings. The highest BCUT2D eigenvalue weighted by Crippen LogP contribution is 2.48. The van der Waals surface area contributed by atoms with E-state index in [1.807, 2.05) is 13.0 Å². The number of rotatable bonds is 5. The molecule has 1 saturated carbocycles. The zero-order chi connectivity index (χ0) is 14.8. The third-order valence-corrected chi connectivity index (χ3v) is 4.91. The molecule has 1 aliphatic rings. The lowest BCUT2D eigenvalue weighted by Crippen LogP contribution is -2.34. The van der Waals surface area contributed by atoms with Gasteiger partial charge in [0.25, 0.3) is 0 Å². The molecular weight excluding hydrogens is 249 g/mol. The van der Waals surface area contributed by atoms with Crippen LogP contribution in [0.4, 0.5) is 4.39 Å². The highest BCUT2D eigenvalue weighted by molar-refractivity contribution is 5.27. The molecule has 0 spiro atoms. The van der Waals surface area contributed by atoms with Crippen molar-refractivity contribution in [2.75, 3.05) is 6.54 Å². The maximum atomic E-state index is 13.9. The van der Waals surface area contributed by atoms with Gasteiger partial charge in [-0.05, 0) is 61.3 Å². The van der Waals surface area contributed by atoms with Crippen molar-refractivity contribution in [2.24, 2.45) is 11.3 Å². The molecule has 20 heavy (non-hydrogen) atoms. The minimum atomic E-state index is -0.0819. The first-order valence-corrected chi connectivity index (χ1v) is 7.95. The van der Waals surface area contributed by atoms with Crippen LogP contribution >= 0.6 is 0 Å². The number of nitrogens with one attached hydrogen (secondary N) is 1. The lowest BCUT2D eigenvalue weighted by molar-refractivity contribution is 0.197. The molecule has 1 aromatic carbocycles. The van der Waals surface area contributed by atoms with Gasteiger partial charge < -0.3 is 5.32 Å². The van der Waals surface area contributed by atoms with Crippen LogP contribution in [0.25, 0.3) is 0 Å². The fourth-order valence-corrected chi connectivity index (χ4v) is 3.57. The lowest BCUT2D eigenvalue weighted by atomic mass is 9.75. The maximum Gasteiger partial charge on any atom is 0.126 e. The molecule has 2 atom stereocenters. The van der Waals surface area contributed by atoms with E-state index in [0.717, 1.165) is 24.1 Å². The molecule has 2 rings (SSSR count). The van der Waals surface area contributed by atoms with Crippen LogP contribution < -0.4 is 5.32 Å². The Morgan fingerprint density at radius 2 is 2.15 bits per heavy atom. The number of hydrogen-bond acceptors (Lipinski definition) is 1. The third-order valence-electron chi connectivity index (χ3n) is 4.91. The first-order chi connectivity index (χ1) is 9.45. The Hall–Kier alpha value is -0.890. The molecule has 0 aromatic heterocycles. The quantitative estimate of drug-likeness (QED) is 0.798. The smallest absolute Gasteiger partial charge is 0.126 e. The number of benzene rings is 1. The molecule has 0 saturated heterocycles. The zero-order valence-electron chi connectivity index (χ0n) is 13.3. The highest BCUT2D eigenvalue weighted by atomic mass is 19.1. The normalized spacial score (nSPS) is 22.9. The third kappa shape index (κ3) is 3.22. The number of halogens is 1. The molecule has 112 valence electrons. The molecule has 0 aliphatic heterocycles. The van der Waals surface area contributed by atoms with Crippen LogP contribution in [0.15, 0.2) is 18.2 Å². The fraction of sp³-hybridized carbons (Fsp3) is 0.667. The Bertz CT molecular complexity index is 453. The molecule has 0 heterocycles. The maximum absolute atomic E-state index is 13.9. The van der Waals surface area contributed by atoms with Gasteiger partial charge >= 0.3 is 0 Å². The van der Waals surface area contributed by atoms with Crippen LogP contribution in [0.3, 0.4) is 0 Å². The second kappa shape index (κ2) is 6.26. The van der Waals surface area contributed by atoms with Gasteiger partial charge in [0.15, 0.2) is 0 Å². The largest absolute Gasteiger partial charge is 0.310 e. The van der Waals surface area contributed by atoms with Gasteiger partial charge in [0.1, 0.15) is 5.82 Å². The summed E-state index contributed by atoms with van der Waals surface area (Å²) in [5.74, 6) is 0.512. The summed E-state index contributed by atoms with van der Waals surface area (Å²) in [6.07, 6.45) is 4.91. The van der Waals surface area contributed by atoms with E-state index in [1.165, 1.54) is 19.3 Å². The number of aryl methyl sites for hydroxylation is 1. The van der Waals surface area contributed by atoms with E-state index in [1.54, 1.807) is 6.07 Å². The van der Waals surface area contributed by atoms with Crippen molar-refractivity contribution in [1.82, 2.24) is 5.32 Å². The summed E-state index contributed by atoms with van der Waals surface area (Å²) in [5.41, 5.74) is 2.18. The van der Waals surface area contributed by atoms with Crippen molar-refractivity contribution < 1.29 is 4.39 Å². The van der Waals surface area contributed by atoms with E-state index in [-0.39, 0.29) is 11.9 Å². The summed E-state index contributed by atoms with van der Waals surface area (Å²) in [5, 5.41) is 3.66. The fourth-order valence-electron chi connectivity index (χ4n) is 3.57. The average Bonchev–Trinajstić information content (AvgIpc) is 2.74. The molecule has 1 aromatic rings. The molecule has 0 bridgehead atoms. The SMILES string of the molecule is CCCNC(c1ccc(C)c(F)c1)C1CCCC1(C)C. The van der Waals surface area contributed by atoms with Gasteiger partial charge in [-0.25, -0.2) is 4.39 Å². The van der Waals surface area contributed by atoms with Gasteiger partial charge in [-0.2, -0.15) is 0 Å². The topological polar surface area (TPSA) is 12.0 Å². The van der Waals surface area contributed by atoms with Crippen molar-refractivity contribution in [3.63, 3.8) is 0 Å². The van der Waals surface area contributed by atoms with Crippen molar-refractivity contribution in [2.45, 2.75) is 59.4 Å². The van der Waals surface area contributed by atoms with E-state index in [0.29, 0.717) is 11.3 Å².